The van der Waals surface area contributed by atoms with E-state index in [4.69, 9.17) is 4.74 Å². The molecular formula is C22H27F2N3O3. The Morgan fingerprint density at radius 2 is 1.87 bits per heavy atom. The molecule has 0 aliphatic carbocycles. The largest absolute Gasteiger partial charge is 0.487 e. The van der Waals surface area contributed by atoms with Gasteiger partial charge in [-0.05, 0) is 55.3 Å². The van der Waals surface area contributed by atoms with E-state index in [0.717, 1.165) is 12.5 Å². The number of aromatic nitrogens is 1. The summed E-state index contributed by atoms with van der Waals surface area (Å²) in [6.45, 7) is 7.13. The second kappa shape index (κ2) is 9.65. The fraction of sp³-hybridized carbons (Fsp3) is 0.409. The summed E-state index contributed by atoms with van der Waals surface area (Å²) in [7, 11) is 0. The molecule has 0 saturated heterocycles. The van der Waals surface area contributed by atoms with Gasteiger partial charge >= 0.3 is 0 Å². The quantitative estimate of drug-likeness (QED) is 0.660. The van der Waals surface area contributed by atoms with Crippen LogP contribution in [0.3, 0.4) is 0 Å². The molecule has 162 valence electrons. The summed E-state index contributed by atoms with van der Waals surface area (Å²) in [5, 5.41) is 5.61. The summed E-state index contributed by atoms with van der Waals surface area (Å²) in [6.07, 6.45) is 1.56. The zero-order valence-electron chi connectivity index (χ0n) is 17.8. The van der Waals surface area contributed by atoms with E-state index >= 15 is 0 Å². The first-order valence-electron chi connectivity index (χ1n) is 9.65. The molecule has 1 heterocycles. The van der Waals surface area contributed by atoms with Crippen LogP contribution in [0.4, 0.5) is 14.6 Å². The summed E-state index contributed by atoms with van der Waals surface area (Å²) < 4.78 is 31.1. The number of aryl methyl sites for hydroxylation is 1. The highest BCUT2D eigenvalue weighted by Gasteiger charge is 2.22. The Bertz CT molecular complexity index is 911. The minimum absolute atomic E-state index is 0.144. The van der Waals surface area contributed by atoms with Crippen molar-refractivity contribution in [2.24, 2.45) is 5.92 Å². The number of ether oxygens (including phenoxy) is 1. The van der Waals surface area contributed by atoms with Gasteiger partial charge in [-0.2, -0.15) is 0 Å². The normalized spacial score (nSPS) is 12.4. The van der Waals surface area contributed by atoms with Gasteiger partial charge in [0.25, 0.3) is 11.8 Å². The standard InChI is InChI=1S/C22H27F2N3O3/c1-13(2)20(28)27-19-11-16(8-9-25-19)15(4)26-21(29)17-6-7-18(14(3)10-17)30-12-22(5,23)24/h6-11,13,15H,12H2,1-5H3,(H,26,29)(H,25,27,28). The third-order valence-corrected chi connectivity index (χ3v) is 4.33. The van der Waals surface area contributed by atoms with Gasteiger partial charge in [-0.25, -0.2) is 13.8 Å². The monoisotopic (exact) mass is 419 g/mol. The number of nitrogens with zero attached hydrogens (tertiary/aromatic N) is 1. The van der Waals surface area contributed by atoms with E-state index < -0.39 is 12.5 Å². The molecule has 2 rings (SSSR count). The zero-order valence-corrected chi connectivity index (χ0v) is 17.8. The molecule has 0 aliphatic rings. The Morgan fingerprint density at radius 3 is 2.47 bits per heavy atom. The summed E-state index contributed by atoms with van der Waals surface area (Å²) in [6, 6.07) is 7.74. The minimum atomic E-state index is -2.93. The van der Waals surface area contributed by atoms with Gasteiger partial charge in [0, 0.05) is 24.6 Å². The average molecular weight is 419 g/mol. The summed E-state index contributed by atoms with van der Waals surface area (Å²) in [5.41, 5.74) is 1.75. The number of benzene rings is 1. The number of halogens is 2. The highest BCUT2D eigenvalue weighted by atomic mass is 19.3. The molecule has 2 N–H and O–H groups in total. The van der Waals surface area contributed by atoms with Crippen molar-refractivity contribution in [1.82, 2.24) is 10.3 Å². The van der Waals surface area contributed by atoms with Gasteiger partial charge in [0.1, 0.15) is 11.6 Å². The molecular weight excluding hydrogens is 392 g/mol. The van der Waals surface area contributed by atoms with Crippen LogP contribution in [-0.2, 0) is 4.79 Å². The molecule has 6 nitrogen and oxygen atoms in total. The molecule has 0 spiro atoms. The molecule has 0 saturated carbocycles. The van der Waals surface area contributed by atoms with E-state index in [1.165, 1.54) is 12.1 Å². The number of carbonyl (C=O) groups excluding carboxylic acids is 2. The number of amides is 2. The lowest BCUT2D eigenvalue weighted by Gasteiger charge is -2.17. The molecule has 0 fully saturated rings. The minimum Gasteiger partial charge on any atom is -0.487 e. The molecule has 1 unspecified atom stereocenters. The van der Waals surface area contributed by atoms with Gasteiger partial charge in [0.15, 0.2) is 6.61 Å². The van der Waals surface area contributed by atoms with Crippen LogP contribution in [0.25, 0.3) is 0 Å². The van der Waals surface area contributed by atoms with E-state index in [1.807, 2.05) is 6.92 Å². The van der Waals surface area contributed by atoms with E-state index in [1.54, 1.807) is 45.2 Å². The van der Waals surface area contributed by atoms with Crippen molar-refractivity contribution in [3.05, 3.63) is 53.2 Å². The molecule has 1 aromatic heterocycles. The molecule has 0 radical (unpaired) electrons. The number of hydrogen-bond donors (Lipinski definition) is 2. The number of alkyl halides is 2. The lowest BCUT2D eigenvalue weighted by Crippen LogP contribution is -2.27. The van der Waals surface area contributed by atoms with Crippen LogP contribution in [0.5, 0.6) is 5.75 Å². The molecule has 30 heavy (non-hydrogen) atoms. The van der Waals surface area contributed by atoms with Gasteiger partial charge in [-0.15, -0.1) is 0 Å². The van der Waals surface area contributed by atoms with E-state index in [0.29, 0.717) is 22.7 Å². The van der Waals surface area contributed by atoms with E-state index in [-0.39, 0.29) is 23.8 Å². The zero-order chi connectivity index (χ0) is 22.5. The third-order valence-electron chi connectivity index (χ3n) is 4.33. The topological polar surface area (TPSA) is 80.3 Å². The maximum absolute atomic E-state index is 13.0. The van der Waals surface area contributed by atoms with Crippen LogP contribution < -0.4 is 15.4 Å². The first-order chi connectivity index (χ1) is 14.0. The predicted molar refractivity (Wildman–Crippen MR) is 111 cm³/mol. The van der Waals surface area contributed by atoms with Crippen LogP contribution in [0.1, 0.15) is 55.2 Å². The predicted octanol–water partition coefficient (Wildman–Crippen LogP) is 4.51. The van der Waals surface area contributed by atoms with Crippen molar-refractivity contribution in [3.8, 4) is 5.75 Å². The number of pyridine rings is 1. The van der Waals surface area contributed by atoms with Crippen molar-refractivity contribution in [1.29, 1.82) is 0 Å². The van der Waals surface area contributed by atoms with Gasteiger partial charge in [-0.1, -0.05) is 13.8 Å². The van der Waals surface area contributed by atoms with Crippen molar-refractivity contribution < 1.29 is 23.1 Å². The molecule has 8 heteroatoms. The number of hydrogen-bond acceptors (Lipinski definition) is 4. The van der Waals surface area contributed by atoms with Crippen LogP contribution in [0, 0.1) is 12.8 Å². The van der Waals surface area contributed by atoms with Gasteiger partial charge < -0.3 is 15.4 Å². The maximum atomic E-state index is 13.0. The lowest BCUT2D eigenvalue weighted by atomic mass is 10.1. The highest BCUT2D eigenvalue weighted by Crippen LogP contribution is 2.23. The molecule has 0 bridgehead atoms. The SMILES string of the molecule is Cc1cc(C(=O)NC(C)c2ccnc(NC(=O)C(C)C)c2)ccc1OCC(C)(F)F. The summed E-state index contributed by atoms with van der Waals surface area (Å²) in [4.78, 5) is 28.6. The van der Waals surface area contributed by atoms with Gasteiger partial charge in [0.2, 0.25) is 5.91 Å². The molecule has 2 amide bonds. The number of rotatable bonds is 8. The third kappa shape index (κ3) is 6.79. The number of carbonyl (C=O) groups is 2. The molecule has 1 aromatic carbocycles. The summed E-state index contributed by atoms with van der Waals surface area (Å²) in [5.74, 6) is -2.85. The second-order valence-corrected chi connectivity index (χ2v) is 7.65. The fourth-order valence-corrected chi connectivity index (χ4v) is 2.58. The first-order valence-corrected chi connectivity index (χ1v) is 9.65. The molecule has 2 aromatic rings. The van der Waals surface area contributed by atoms with Crippen molar-refractivity contribution in [2.45, 2.75) is 46.6 Å². The van der Waals surface area contributed by atoms with Crippen molar-refractivity contribution >= 4 is 17.6 Å². The van der Waals surface area contributed by atoms with Gasteiger partial charge in [-0.3, -0.25) is 9.59 Å². The maximum Gasteiger partial charge on any atom is 0.278 e. The first kappa shape index (κ1) is 23.3. The fourth-order valence-electron chi connectivity index (χ4n) is 2.58. The Hall–Kier alpha value is -3.03. The van der Waals surface area contributed by atoms with Crippen LogP contribution in [0.2, 0.25) is 0 Å². The Kier molecular flexibility index (Phi) is 7.48. The van der Waals surface area contributed by atoms with Crippen LogP contribution >= 0.6 is 0 Å². The van der Waals surface area contributed by atoms with Gasteiger partial charge in [0.05, 0.1) is 6.04 Å². The molecule has 1 atom stereocenters. The van der Waals surface area contributed by atoms with Crippen molar-refractivity contribution in [2.75, 3.05) is 11.9 Å². The second-order valence-electron chi connectivity index (χ2n) is 7.65. The lowest BCUT2D eigenvalue weighted by molar-refractivity contribution is -0.118. The highest BCUT2D eigenvalue weighted by molar-refractivity contribution is 5.95. The molecule has 0 aliphatic heterocycles. The number of nitrogens with one attached hydrogen (secondary N) is 2. The van der Waals surface area contributed by atoms with Crippen LogP contribution in [0.15, 0.2) is 36.5 Å². The Balaban J connectivity index is 2.05. The Morgan fingerprint density at radius 1 is 1.17 bits per heavy atom. The smallest absolute Gasteiger partial charge is 0.278 e. The van der Waals surface area contributed by atoms with E-state index in [2.05, 4.69) is 15.6 Å². The Labute approximate surface area is 175 Å². The summed E-state index contributed by atoms with van der Waals surface area (Å²) >= 11 is 0. The average Bonchev–Trinajstić information content (AvgIpc) is 2.66. The van der Waals surface area contributed by atoms with E-state index in [9.17, 15) is 18.4 Å². The number of anilines is 1. The van der Waals surface area contributed by atoms with Crippen molar-refractivity contribution in [3.63, 3.8) is 0 Å². The van der Waals surface area contributed by atoms with Crippen LogP contribution in [-0.4, -0.2) is 29.3 Å².